The molecule has 0 aliphatic carbocycles. The van der Waals surface area contributed by atoms with Gasteiger partial charge in [-0.15, -0.1) is 0 Å². The second kappa shape index (κ2) is 8.28. The van der Waals surface area contributed by atoms with Crippen LogP contribution in [0.3, 0.4) is 0 Å². The van der Waals surface area contributed by atoms with Gasteiger partial charge in [0.1, 0.15) is 17.6 Å². The molecule has 0 aliphatic rings. The molecule has 0 saturated heterocycles. The van der Waals surface area contributed by atoms with Crippen molar-refractivity contribution in [3.05, 3.63) is 90.4 Å². The Hall–Kier alpha value is -2.89. The first kappa shape index (κ1) is 17.0. The topological polar surface area (TPSA) is 68.9 Å². The monoisotopic (exact) mass is 338 g/mol. The van der Waals surface area contributed by atoms with Crippen LogP contribution >= 0.6 is 0 Å². The van der Waals surface area contributed by atoms with E-state index >= 15 is 0 Å². The number of carbonyl (C=O) groups is 1. The predicted molar refractivity (Wildman–Crippen MR) is 90.8 cm³/mol. The zero-order valence-electron chi connectivity index (χ0n) is 13.4. The van der Waals surface area contributed by atoms with E-state index in [4.69, 9.17) is 13.9 Å². The Morgan fingerprint density at radius 3 is 2.28 bits per heavy atom. The number of benzene rings is 2. The Morgan fingerprint density at radius 1 is 0.960 bits per heavy atom. The fourth-order valence-corrected chi connectivity index (χ4v) is 2.32. The molecule has 0 radical (unpaired) electrons. The van der Waals surface area contributed by atoms with Crippen molar-refractivity contribution in [3.8, 4) is 5.75 Å². The van der Waals surface area contributed by atoms with Crippen molar-refractivity contribution in [1.82, 2.24) is 0 Å². The van der Waals surface area contributed by atoms with Gasteiger partial charge in [-0.25, -0.2) is 4.79 Å². The lowest BCUT2D eigenvalue weighted by molar-refractivity contribution is -0.158. The van der Waals surface area contributed by atoms with Crippen LogP contribution in [0.25, 0.3) is 0 Å². The van der Waals surface area contributed by atoms with Gasteiger partial charge in [0.2, 0.25) is 0 Å². The summed E-state index contributed by atoms with van der Waals surface area (Å²) < 4.78 is 16.2. The van der Waals surface area contributed by atoms with Crippen molar-refractivity contribution in [2.75, 3.05) is 0 Å². The molecule has 128 valence electrons. The van der Waals surface area contributed by atoms with E-state index in [1.54, 1.807) is 36.4 Å². The second-order valence-electron chi connectivity index (χ2n) is 5.41. The highest BCUT2D eigenvalue weighted by atomic mass is 16.6. The highest BCUT2D eigenvalue weighted by molar-refractivity contribution is 5.78. The Kier molecular flexibility index (Phi) is 5.61. The van der Waals surface area contributed by atoms with Crippen molar-refractivity contribution in [3.63, 3.8) is 0 Å². The van der Waals surface area contributed by atoms with E-state index in [1.807, 2.05) is 36.4 Å². The third kappa shape index (κ3) is 4.56. The minimum atomic E-state index is -1.27. The summed E-state index contributed by atoms with van der Waals surface area (Å²) in [6.07, 6.45) is -1.06. The molecule has 2 atom stereocenters. The van der Waals surface area contributed by atoms with Crippen LogP contribution in [0.2, 0.25) is 0 Å². The van der Waals surface area contributed by atoms with Gasteiger partial charge in [-0.05, 0) is 29.8 Å². The number of rotatable bonds is 7. The lowest BCUT2D eigenvalue weighted by Gasteiger charge is -2.20. The molecule has 1 heterocycles. The van der Waals surface area contributed by atoms with Crippen molar-refractivity contribution in [2.45, 2.75) is 18.8 Å². The smallest absolute Gasteiger partial charge is 0.343 e. The van der Waals surface area contributed by atoms with Gasteiger partial charge in [0.15, 0.2) is 6.10 Å². The largest absolute Gasteiger partial charge is 0.466 e. The van der Waals surface area contributed by atoms with Crippen molar-refractivity contribution in [1.29, 1.82) is 0 Å². The predicted octanol–water partition coefficient (Wildman–Crippen LogP) is 3.50. The van der Waals surface area contributed by atoms with E-state index in [2.05, 4.69) is 0 Å². The number of esters is 1. The van der Waals surface area contributed by atoms with Gasteiger partial charge in [0.25, 0.3) is 0 Å². The minimum absolute atomic E-state index is 0.160. The lowest BCUT2D eigenvalue weighted by atomic mass is 10.1. The molecule has 0 aliphatic heterocycles. The van der Waals surface area contributed by atoms with Gasteiger partial charge in [-0.3, -0.25) is 0 Å². The number of carbonyl (C=O) groups excluding carboxylic acids is 1. The first-order chi connectivity index (χ1) is 12.2. The summed E-state index contributed by atoms with van der Waals surface area (Å²) in [6, 6.07) is 21.2. The molecule has 5 heteroatoms. The number of para-hydroxylation sites is 1. The maximum absolute atomic E-state index is 12.5. The van der Waals surface area contributed by atoms with Gasteiger partial charge in [0.05, 0.1) is 12.9 Å². The molecule has 5 nitrogen and oxygen atoms in total. The molecule has 1 N–H and O–H groups in total. The molecule has 0 saturated carbocycles. The standard InChI is InChI=1S/C20H18O5/c21-18(17-12-7-13-23-17)19(24-14-15-8-3-1-4-9-15)20(22)25-16-10-5-2-6-11-16/h1-13,18-19,21H,14H2/t18-,19-/m1/s1. The maximum Gasteiger partial charge on any atom is 0.343 e. The molecular weight excluding hydrogens is 320 g/mol. The Bertz CT molecular complexity index is 768. The molecule has 0 amide bonds. The highest BCUT2D eigenvalue weighted by Gasteiger charge is 2.32. The maximum atomic E-state index is 12.5. The summed E-state index contributed by atoms with van der Waals surface area (Å²) in [4.78, 5) is 12.5. The van der Waals surface area contributed by atoms with Crippen LogP contribution in [0.4, 0.5) is 0 Å². The van der Waals surface area contributed by atoms with Crippen LogP contribution in [-0.4, -0.2) is 17.2 Å². The average Bonchev–Trinajstić information content (AvgIpc) is 3.18. The van der Waals surface area contributed by atoms with Gasteiger partial charge < -0.3 is 19.0 Å². The quantitative estimate of drug-likeness (QED) is 0.527. The molecule has 25 heavy (non-hydrogen) atoms. The highest BCUT2D eigenvalue weighted by Crippen LogP contribution is 2.23. The van der Waals surface area contributed by atoms with Crippen LogP contribution in [0.1, 0.15) is 17.4 Å². The van der Waals surface area contributed by atoms with E-state index < -0.39 is 18.2 Å². The molecular formula is C20H18O5. The Morgan fingerprint density at radius 2 is 1.64 bits per heavy atom. The number of aliphatic hydroxyl groups is 1. The number of aliphatic hydroxyl groups excluding tert-OH is 1. The van der Waals surface area contributed by atoms with Crippen molar-refractivity contribution < 1.29 is 23.8 Å². The van der Waals surface area contributed by atoms with Crippen molar-refractivity contribution in [2.24, 2.45) is 0 Å². The van der Waals surface area contributed by atoms with Crippen LogP contribution in [-0.2, 0) is 16.1 Å². The van der Waals surface area contributed by atoms with E-state index in [9.17, 15) is 9.90 Å². The summed E-state index contributed by atoms with van der Waals surface area (Å²) in [5.74, 6) is -0.0680. The number of furan rings is 1. The summed E-state index contributed by atoms with van der Waals surface area (Å²) in [5, 5.41) is 10.5. The van der Waals surface area contributed by atoms with Crippen LogP contribution < -0.4 is 4.74 Å². The van der Waals surface area contributed by atoms with Crippen molar-refractivity contribution >= 4 is 5.97 Å². The molecule has 0 unspecified atom stereocenters. The van der Waals surface area contributed by atoms with Crippen LogP contribution in [0.15, 0.2) is 83.5 Å². The molecule has 2 aromatic carbocycles. The minimum Gasteiger partial charge on any atom is -0.466 e. The molecule has 1 aromatic heterocycles. The SMILES string of the molecule is O=C(Oc1ccccc1)[C@H](OCc1ccccc1)[C@H](O)c1ccco1. The zero-order valence-corrected chi connectivity index (χ0v) is 13.4. The number of ether oxygens (including phenoxy) is 2. The fourth-order valence-electron chi connectivity index (χ4n) is 2.32. The van der Waals surface area contributed by atoms with E-state index in [-0.39, 0.29) is 12.4 Å². The lowest BCUT2D eigenvalue weighted by Crippen LogP contribution is -2.34. The summed E-state index contributed by atoms with van der Waals surface area (Å²) in [6.45, 7) is 0.160. The number of hydrogen-bond acceptors (Lipinski definition) is 5. The first-order valence-electron chi connectivity index (χ1n) is 7.88. The third-order valence-electron chi connectivity index (χ3n) is 3.59. The van der Waals surface area contributed by atoms with Crippen LogP contribution in [0.5, 0.6) is 5.75 Å². The Balaban J connectivity index is 1.74. The van der Waals surface area contributed by atoms with Gasteiger partial charge in [0, 0.05) is 0 Å². The van der Waals surface area contributed by atoms with Gasteiger partial charge >= 0.3 is 5.97 Å². The third-order valence-corrected chi connectivity index (χ3v) is 3.59. The molecule has 3 rings (SSSR count). The summed E-state index contributed by atoms with van der Waals surface area (Å²) in [5.41, 5.74) is 0.881. The summed E-state index contributed by atoms with van der Waals surface area (Å²) in [7, 11) is 0. The molecule has 0 spiro atoms. The van der Waals surface area contributed by atoms with Gasteiger partial charge in [-0.2, -0.15) is 0 Å². The van der Waals surface area contributed by atoms with E-state index in [0.717, 1.165) is 5.56 Å². The van der Waals surface area contributed by atoms with E-state index in [0.29, 0.717) is 5.75 Å². The first-order valence-corrected chi connectivity index (χ1v) is 7.88. The van der Waals surface area contributed by atoms with Crippen LogP contribution in [0, 0.1) is 0 Å². The zero-order chi connectivity index (χ0) is 17.5. The molecule has 3 aromatic rings. The number of hydrogen-bond donors (Lipinski definition) is 1. The van der Waals surface area contributed by atoms with Gasteiger partial charge in [-0.1, -0.05) is 48.5 Å². The van der Waals surface area contributed by atoms with E-state index in [1.165, 1.54) is 6.26 Å². The fraction of sp³-hybridized carbons (Fsp3) is 0.150. The Labute approximate surface area is 145 Å². The molecule has 0 bridgehead atoms. The summed E-state index contributed by atoms with van der Waals surface area (Å²) >= 11 is 0. The second-order valence-corrected chi connectivity index (χ2v) is 5.41. The normalized spacial score (nSPS) is 13.2. The molecule has 0 fully saturated rings. The average molecular weight is 338 g/mol.